The number of esters is 2. The number of nitrogens with zero attached hydrogens (tertiary/aromatic N) is 2. The molecule has 2 unspecified atom stereocenters. The van der Waals surface area contributed by atoms with Crippen LogP contribution in [0.4, 0.5) is 9.59 Å². The first kappa shape index (κ1) is 36.1. The minimum atomic E-state index is -0.748. The van der Waals surface area contributed by atoms with Gasteiger partial charge in [-0.15, -0.1) is 0 Å². The van der Waals surface area contributed by atoms with Gasteiger partial charge in [-0.25, -0.2) is 29.1 Å². The van der Waals surface area contributed by atoms with Crippen molar-refractivity contribution in [3.63, 3.8) is 0 Å². The largest absolute Gasteiger partial charge is 0.464 e. The molecule has 2 heterocycles. The molecule has 14 heteroatoms. The fraction of sp³-hybridized carbons (Fsp3) is 0.667. The van der Waals surface area contributed by atoms with Gasteiger partial charge in [-0.1, -0.05) is 27.7 Å². The lowest BCUT2D eigenvalue weighted by Gasteiger charge is -2.24. The van der Waals surface area contributed by atoms with Crippen LogP contribution in [0.2, 0.25) is 0 Å². The van der Waals surface area contributed by atoms with E-state index in [0.717, 1.165) is 0 Å². The summed E-state index contributed by atoms with van der Waals surface area (Å²) in [5.41, 5.74) is -1.64. The first-order chi connectivity index (χ1) is 20.3. The zero-order valence-corrected chi connectivity index (χ0v) is 27.7. The summed E-state index contributed by atoms with van der Waals surface area (Å²) in [5.74, 6) is -1.43. The van der Waals surface area contributed by atoms with Gasteiger partial charge in [0.15, 0.2) is 11.4 Å². The SMILES string of the molecule is COC(=O)c1nc(C(NC(=O)OC(C)(C)C)C(C)C)oc1CCc1oc(C(NC(=O)OC(C)(C)C)C(C)C)nc1C(=O)OC. The van der Waals surface area contributed by atoms with E-state index in [9.17, 15) is 19.2 Å². The quantitative estimate of drug-likeness (QED) is 0.239. The van der Waals surface area contributed by atoms with Crippen LogP contribution in [-0.2, 0) is 31.8 Å². The predicted molar refractivity (Wildman–Crippen MR) is 157 cm³/mol. The summed E-state index contributed by atoms with van der Waals surface area (Å²) in [6, 6.07) is -1.45. The Bertz CT molecular complexity index is 1210. The summed E-state index contributed by atoms with van der Waals surface area (Å²) in [6.45, 7) is 17.8. The van der Waals surface area contributed by atoms with E-state index >= 15 is 0 Å². The number of methoxy groups -OCH3 is 2. The van der Waals surface area contributed by atoms with Gasteiger partial charge in [0.05, 0.1) is 14.2 Å². The maximum absolute atomic E-state index is 12.6. The van der Waals surface area contributed by atoms with Crippen molar-refractivity contribution in [1.29, 1.82) is 0 Å². The van der Waals surface area contributed by atoms with E-state index in [1.54, 1.807) is 41.5 Å². The van der Waals surface area contributed by atoms with Crippen molar-refractivity contribution in [2.24, 2.45) is 11.8 Å². The average Bonchev–Trinajstić information content (AvgIpc) is 3.50. The fourth-order valence-corrected chi connectivity index (χ4v) is 3.98. The zero-order valence-electron chi connectivity index (χ0n) is 27.7. The van der Waals surface area contributed by atoms with Gasteiger partial charge in [-0.2, -0.15) is 0 Å². The number of alkyl carbamates (subject to hydrolysis) is 2. The number of carbonyl (C=O) groups excluding carboxylic acids is 4. The van der Waals surface area contributed by atoms with Crippen molar-refractivity contribution in [2.75, 3.05) is 14.2 Å². The fourth-order valence-electron chi connectivity index (χ4n) is 3.98. The molecule has 0 saturated carbocycles. The second-order valence-corrected chi connectivity index (χ2v) is 12.9. The molecule has 246 valence electrons. The van der Waals surface area contributed by atoms with Crippen molar-refractivity contribution in [3.8, 4) is 0 Å². The first-order valence-electron chi connectivity index (χ1n) is 14.4. The van der Waals surface area contributed by atoms with E-state index < -0.39 is 47.4 Å². The highest BCUT2D eigenvalue weighted by Crippen LogP contribution is 2.28. The third-order valence-corrected chi connectivity index (χ3v) is 5.97. The monoisotopic (exact) mass is 622 g/mol. The molecule has 2 atom stereocenters. The molecular formula is C30H46N4O10. The number of nitrogens with one attached hydrogen (secondary N) is 2. The van der Waals surface area contributed by atoms with E-state index in [1.165, 1.54) is 14.2 Å². The van der Waals surface area contributed by atoms with Crippen molar-refractivity contribution in [2.45, 2.75) is 105 Å². The van der Waals surface area contributed by atoms with Gasteiger partial charge in [0.2, 0.25) is 11.8 Å². The summed E-state index contributed by atoms with van der Waals surface area (Å²) in [4.78, 5) is 59.0. The predicted octanol–water partition coefficient (Wildman–Crippen LogP) is 5.46. The second kappa shape index (κ2) is 14.6. The summed E-state index contributed by atoms with van der Waals surface area (Å²) in [6.07, 6.45) is -1.27. The molecule has 2 N–H and O–H groups in total. The Kier molecular flexibility index (Phi) is 12.0. The Labute approximate surface area is 257 Å². The molecule has 44 heavy (non-hydrogen) atoms. The third-order valence-electron chi connectivity index (χ3n) is 5.97. The lowest BCUT2D eigenvalue weighted by molar-refractivity contribution is 0.0468. The topological polar surface area (TPSA) is 181 Å². The number of carbonyl (C=O) groups is 4. The van der Waals surface area contributed by atoms with Crippen LogP contribution in [0.15, 0.2) is 8.83 Å². The lowest BCUT2D eigenvalue weighted by atomic mass is 10.0. The van der Waals surface area contributed by atoms with Gasteiger partial charge >= 0.3 is 24.1 Å². The maximum atomic E-state index is 12.6. The molecule has 0 radical (unpaired) electrons. The number of aryl methyl sites for hydroxylation is 2. The molecule has 0 bridgehead atoms. The third kappa shape index (κ3) is 10.3. The summed E-state index contributed by atoms with van der Waals surface area (Å²) in [7, 11) is 2.42. The minimum Gasteiger partial charge on any atom is -0.464 e. The van der Waals surface area contributed by atoms with E-state index in [1.807, 2.05) is 27.7 Å². The minimum absolute atomic E-state index is 0.0408. The Morgan fingerprint density at radius 1 is 0.659 bits per heavy atom. The average molecular weight is 623 g/mol. The number of hydrogen-bond acceptors (Lipinski definition) is 12. The molecule has 0 fully saturated rings. The molecule has 2 amide bonds. The standard InChI is InChI=1S/C30H46N4O10/c1-15(2)19(33-27(37)43-29(5,6)7)23-31-21(25(35)39-11)17(41-23)13-14-18-22(26(36)40-12)32-24(42-18)20(16(3)4)34-28(38)44-30(8,9)10/h15-16,19-20H,13-14H2,1-12H3,(H,33,37)(H,34,38). The summed E-state index contributed by atoms with van der Waals surface area (Å²) in [5, 5.41) is 5.49. The number of hydrogen-bond donors (Lipinski definition) is 2. The van der Waals surface area contributed by atoms with Crippen molar-refractivity contribution in [1.82, 2.24) is 20.6 Å². The van der Waals surface area contributed by atoms with Crippen molar-refractivity contribution >= 4 is 24.1 Å². The molecule has 0 aliphatic carbocycles. The Morgan fingerprint density at radius 3 is 1.23 bits per heavy atom. The van der Waals surface area contributed by atoms with Crippen LogP contribution in [0.1, 0.15) is 126 Å². The highest BCUT2D eigenvalue weighted by Gasteiger charge is 2.33. The van der Waals surface area contributed by atoms with Gasteiger partial charge < -0.3 is 38.4 Å². The van der Waals surface area contributed by atoms with E-state index in [4.69, 9.17) is 27.8 Å². The Balaban J connectivity index is 2.43. The highest BCUT2D eigenvalue weighted by molar-refractivity contribution is 5.89. The van der Waals surface area contributed by atoms with Crippen LogP contribution in [0.25, 0.3) is 0 Å². The van der Waals surface area contributed by atoms with Crippen LogP contribution >= 0.6 is 0 Å². The van der Waals surface area contributed by atoms with Gasteiger partial charge in [0.25, 0.3) is 0 Å². The Hall–Kier alpha value is -4.10. The molecular weight excluding hydrogens is 576 g/mol. The highest BCUT2D eigenvalue weighted by atomic mass is 16.6. The molecule has 0 saturated heterocycles. The van der Waals surface area contributed by atoms with E-state index in [2.05, 4.69) is 20.6 Å². The number of rotatable bonds is 11. The lowest BCUT2D eigenvalue weighted by Crippen LogP contribution is -2.37. The summed E-state index contributed by atoms with van der Waals surface area (Å²) < 4.78 is 32.6. The molecule has 0 spiro atoms. The zero-order chi connectivity index (χ0) is 33.6. The number of amides is 2. The van der Waals surface area contributed by atoms with Crippen LogP contribution in [0.5, 0.6) is 0 Å². The molecule has 0 aliphatic heterocycles. The smallest absolute Gasteiger partial charge is 0.408 e. The van der Waals surface area contributed by atoms with E-state index in [-0.39, 0.29) is 59.4 Å². The first-order valence-corrected chi connectivity index (χ1v) is 14.4. The van der Waals surface area contributed by atoms with Crippen molar-refractivity contribution < 1.29 is 47.0 Å². The maximum Gasteiger partial charge on any atom is 0.408 e. The number of ether oxygens (including phenoxy) is 4. The van der Waals surface area contributed by atoms with Crippen LogP contribution in [0.3, 0.4) is 0 Å². The second-order valence-electron chi connectivity index (χ2n) is 12.9. The van der Waals surface area contributed by atoms with Crippen molar-refractivity contribution in [3.05, 3.63) is 34.7 Å². The molecule has 14 nitrogen and oxygen atoms in total. The van der Waals surface area contributed by atoms with Crippen LogP contribution < -0.4 is 10.6 Å². The summed E-state index contributed by atoms with van der Waals surface area (Å²) >= 11 is 0. The normalized spacial score (nSPS) is 13.3. The van der Waals surface area contributed by atoms with Gasteiger partial charge in [0.1, 0.15) is 34.8 Å². The molecule has 0 aromatic carbocycles. The molecule has 2 aromatic rings. The number of aromatic nitrogens is 2. The van der Waals surface area contributed by atoms with Gasteiger partial charge in [-0.05, 0) is 53.4 Å². The molecule has 2 rings (SSSR count). The molecule has 2 aromatic heterocycles. The number of oxazole rings is 2. The van der Waals surface area contributed by atoms with E-state index in [0.29, 0.717) is 0 Å². The molecule has 0 aliphatic rings. The Morgan fingerprint density at radius 2 is 0.977 bits per heavy atom. The van der Waals surface area contributed by atoms with Crippen LogP contribution in [0, 0.1) is 11.8 Å². The van der Waals surface area contributed by atoms with Gasteiger partial charge in [-0.3, -0.25) is 0 Å². The van der Waals surface area contributed by atoms with Gasteiger partial charge in [0, 0.05) is 12.8 Å². The van der Waals surface area contributed by atoms with Crippen LogP contribution in [-0.4, -0.2) is 59.5 Å².